The van der Waals surface area contributed by atoms with Gasteiger partial charge in [0.15, 0.2) is 6.10 Å². The molecule has 22 heavy (non-hydrogen) atoms. The molecule has 1 amide bonds. The Bertz CT molecular complexity index is 496. The third kappa shape index (κ3) is 5.48. The van der Waals surface area contributed by atoms with Crippen molar-refractivity contribution in [1.82, 2.24) is 10.6 Å². The molecular weight excluding hydrogens is 351 g/mol. The summed E-state index contributed by atoms with van der Waals surface area (Å²) < 4.78 is 5.52. The van der Waals surface area contributed by atoms with Crippen LogP contribution in [0.3, 0.4) is 0 Å². The molecule has 3 unspecified atom stereocenters. The van der Waals surface area contributed by atoms with Crippen molar-refractivity contribution in [1.29, 1.82) is 0 Å². The van der Waals surface area contributed by atoms with E-state index in [9.17, 15) is 9.90 Å². The lowest BCUT2D eigenvalue weighted by molar-refractivity contribution is -0.127. The molecule has 1 fully saturated rings. The molecule has 8 heteroatoms. The SMILES string of the molecule is CC(Oc1cc(Cl)cc(Cl)c1)C(=O)NCC1CNCC1O.Cl. The van der Waals surface area contributed by atoms with Gasteiger partial charge in [0.25, 0.3) is 5.91 Å². The van der Waals surface area contributed by atoms with Crippen molar-refractivity contribution >= 4 is 41.5 Å². The Morgan fingerprint density at radius 3 is 2.59 bits per heavy atom. The first kappa shape index (κ1) is 19.3. The van der Waals surface area contributed by atoms with Gasteiger partial charge < -0.3 is 20.5 Å². The van der Waals surface area contributed by atoms with Crippen molar-refractivity contribution in [2.75, 3.05) is 19.6 Å². The predicted molar refractivity (Wildman–Crippen MR) is 89.2 cm³/mol. The number of nitrogens with one attached hydrogen (secondary N) is 2. The minimum atomic E-state index is -0.675. The molecule has 0 radical (unpaired) electrons. The second kappa shape index (κ2) is 8.79. The van der Waals surface area contributed by atoms with Gasteiger partial charge in [-0.05, 0) is 25.1 Å². The molecule has 0 aliphatic carbocycles. The maximum Gasteiger partial charge on any atom is 0.260 e. The highest BCUT2D eigenvalue weighted by molar-refractivity contribution is 6.34. The smallest absolute Gasteiger partial charge is 0.260 e. The molecule has 1 heterocycles. The van der Waals surface area contributed by atoms with Gasteiger partial charge in [-0.3, -0.25) is 4.79 Å². The Kier molecular flexibility index (Phi) is 7.72. The first-order valence-electron chi connectivity index (χ1n) is 6.75. The predicted octanol–water partition coefficient (Wildman–Crippen LogP) is 1.88. The van der Waals surface area contributed by atoms with Crippen LogP contribution in [0.2, 0.25) is 10.0 Å². The summed E-state index contributed by atoms with van der Waals surface area (Å²) in [7, 11) is 0. The van der Waals surface area contributed by atoms with Crippen LogP contribution in [0.4, 0.5) is 0 Å². The summed E-state index contributed by atoms with van der Waals surface area (Å²) >= 11 is 11.8. The number of carbonyl (C=O) groups excluding carboxylic acids is 1. The zero-order valence-corrected chi connectivity index (χ0v) is 14.3. The standard InChI is InChI=1S/C14H18Cl2N2O3.ClH/c1-8(21-12-3-10(15)2-11(16)4-12)14(20)18-6-9-5-17-7-13(9)19;/h2-4,8-9,13,17,19H,5-7H2,1H3,(H,18,20);1H. The van der Waals surface area contributed by atoms with E-state index in [2.05, 4.69) is 10.6 Å². The highest BCUT2D eigenvalue weighted by Gasteiger charge is 2.26. The van der Waals surface area contributed by atoms with Crippen LogP contribution < -0.4 is 15.4 Å². The van der Waals surface area contributed by atoms with Gasteiger partial charge in [-0.2, -0.15) is 0 Å². The van der Waals surface area contributed by atoms with Gasteiger partial charge in [0.2, 0.25) is 0 Å². The highest BCUT2D eigenvalue weighted by Crippen LogP contribution is 2.24. The summed E-state index contributed by atoms with van der Waals surface area (Å²) in [5.41, 5.74) is 0. The van der Waals surface area contributed by atoms with E-state index in [4.69, 9.17) is 27.9 Å². The molecule has 1 aromatic rings. The molecule has 1 saturated heterocycles. The molecule has 1 aliphatic heterocycles. The van der Waals surface area contributed by atoms with Crippen molar-refractivity contribution in [3.8, 4) is 5.75 Å². The van der Waals surface area contributed by atoms with Crippen LogP contribution >= 0.6 is 35.6 Å². The summed E-state index contributed by atoms with van der Waals surface area (Å²) in [5, 5.41) is 16.4. The normalized spacial score (nSPS) is 21.8. The first-order valence-corrected chi connectivity index (χ1v) is 7.50. The van der Waals surface area contributed by atoms with Gasteiger partial charge >= 0.3 is 0 Å². The number of benzene rings is 1. The van der Waals surface area contributed by atoms with E-state index in [1.54, 1.807) is 25.1 Å². The van der Waals surface area contributed by atoms with E-state index in [0.29, 0.717) is 35.4 Å². The Labute approximate surface area is 145 Å². The van der Waals surface area contributed by atoms with Crippen LogP contribution in [0.1, 0.15) is 6.92 Å². The number of β-amino-alcohol motifs (C(OH)–C–C–N with tert-alkyl or cyclic N) is 1. The molecule has 1 aliphatic rings. The van der Waals surface area contributed by atoms with Crippen molar-refractivity contribution in [2.45, 2.75) is 19.1 Å². The molecule has 2 rings (SSSR count). The van der Waals surface area contributed by atoms with Crippen molar-refractivity contribution in [3.05, 3.63) is 28.2 Å². The van der Waals surface area contributed by atoms with Crippen LogP contribution in [0.25, 0.3) is 0 Å². The molecule has 0 saturated carbocycles. The maximum absolute atomic E-state index is 12.0. The van der Waals surface area contributed by atoms with Crippen molar-refractivity contribution < 1.29 is 14.6 Å². The van der Waals surface area contributed by atoms with E-state index >= 15 is 0 Å². The van der Waals surface area contributed by atoms with Gasteiger partial charge in [0.05, 0.1) is 6.10 Å². The number of rotatable bonds is 5. The number of carbonyl (C=O) groups is 1. The number of hydrogen-bond donors (Lipinski definition) is 3. The maximum atomic E-state index is 12.0. The number of halogens is 3. The van der Waals surface area contributed by atoms with Crippen molar-refractivity contribution in [2.24, 2.45) is 5.92 Å². The van der Waals surface area contributed by atoms with Crippen molar-refractivity contribution in [3.63, 3.8) is 0 Å². The quantitative estimate of drug-likeness (QED) is 0.741. The molecule has 1 aromatic carbocycles. The third-order valence-electron chi connectivity index (χ3n) is 3.36. The third-order valence-corrected chi connectivity index (χ3v) is 3.80. The number of amides is 1. The zero-order valence-electron chi connectivity index (χ0n) is 12.0. The highest BCUT2D eigenvalue weighted by atomic mass is 35.5. The van der Waals surface area contributed by atoms with Crippen LogP contribution in [-0.2, 0) is 4.79 Å². The van der Waals surface area contributed by atoms with Crippen LogP contribution in [0, 0.1) is 5.92 Å². The number of aliphatic hydroxyl groups is 1. The molecule has 124 valence electrons. The average molecular weight is 370 g/mol. The van der Waals surface area contributed by atoms with Crippen LogP contribution in [-0.4, -0.2) is 42.9 Å². The first-order chi connectivity index (χ1) is 9.95. The minimum absolute atomic E-state index is 0. The number of aliphatic hydroxyl groups excluding tert-OH is 1. The summed E-state index contributed by atoms with van der Waals surface area (Å²) in [5.74, 6) is 0.227. The van der Waals surface area contributed by atoms with Gasteiger partial charge in [-0.15, -0.1) is 12.4 Å². The molecule has 0 bridgehead atoms. The summed E-state index contributed by atoms with van der Waals surface area (Å²) in [6.07, 6.45) is -1.10. The Hall–Kier alpha value is -0.720. The van der Waals surface area contributed by atoms with Gasteiger partial charge in [0.1, 0.15) is 5.75 Å². The molecular formula is C14H19Cl3N2O3. The lowest BCUT2D eigenvalue weighted by Gasteiger charge is -2.18. The summed E-state index contributed by atoms with van der Waals surface area (Å²) in [6.45, 7) is 3.32. The van der Waals surface area contributed by atoms with Gasteiger partial charge in [-0.25, -0.2) is 0 Å². The van der Waals surface area contributed by atoms with Crippen LogP contribution in [0.15, 0.2) is 18.2 Å². The van der Waals surface area contributed by atoms with E-state index in [0.717, 1.165) is 0 Å². The second-order valence-electron chi connectivity index (χ2n) is 5.10. The lowest BCUT2D eigenvalue weighted by Crippen LogP contribution is -2.41. The average Bonchev–Trinajstić information content (AvgIpc) is 2.80. The minimum Gasteiger partial charge on any atom is -0.481 e. The number of ether oxygens (including phenoxy) is 1. The molecule has 0 spiro atoms. The Morgan fingerprint density at radius 1 is 1.41 bits per heavy atom. The summed E-state index contributed by atoms with van der Waals surface area (Å²) in [6, 6.07) is 4.79. The largest absolute Gasteiger partial charge is 0.481 e. The zero-order chi connectivity index (χ0) is 15.4. The monoisotopic (exact) mass is 368 g/mol. The molecule has 3 N–H and O–H groups in total. The molecule has 5 nitrogen and oxygen atoms in total. The fraction of sp³-hybridized carbons (Fsp3) is 0.500. The Morgan fingerprint density at radius 2 is 2.05 bits per heavy atom. The van der Waals surface area contributed by atoms with E-state index in [1.807, 2.05) is 0 Å². The fourth-order valence-corrected chi connectivity index (χ4v) is 2.66. The summed E-state index contributed by atoms with van der Waals surface area (Å²) in [4.78, 5) is 12.0. The molecule has 3 atom stereocenters. The lowest BCUT2D eigenvalue weighted by atomic mass is 10.1. The van der Waals surface area contributed by atoms with Gasteiger partial charge in [-0.1, -0.05) is 23.2 Å². The van der Waals surface area contributed by atoms with Crippen LogP contribution in [0.5, 0.6) is 5.75 Å². The molecule has 0 aromatic heterocycles. The number of hydrogen-bond acceptors (Lipinski definition) is 4. The fourth-order valence-electron chi connectivity index (χ4n) is 2.16. The topological polar surface area (TPSA) is 70.6 Å². The van der Waals surface area contributed by atoms with E-state index in [-0.39, 0.29) is 24.2 Å². The van der Waals surface area contributed by atoms with E-state index < -0.39 is 12.2 Å². The second-order valence-corrected chi connectivity index (χ2v) is 5.97. The van der Waals surface area contributed by atoms with Gasteiger partial charge in [0, 0.05) is 35.6 Å². The Balaban J connectivity index is 0.00000242. The van der Waals surface area contributed by atoms with E-state index in [1.165, 1.54) is 0 Å².